The highest BCUT2D eigenvalue weighted by Gasteiger charge is 2.31. The van der Waals surface area contributed by atoms with Crippen LogP contribution in [0.1, 0.15) is 22.8 Å². The van der Waals surface area contributed by atoms with Gasteiger partial charge in [-0.05, 0) is 41.0 Å². The van der Waals surface area contributed by atoms with Gasteiger partial charge in [-0.15, -0.1) is 0 Å². The lowest BCUT2D eigenvalue weighted by atomic mass is 9.90. The second-order valence-electron chi connectivity index (χ2n) is 6.78. The molecule has 3 aromatic carbocycles. The molecular weight excluding hydrogens is 340 g/mol. The van der Waals surface area contributed by atoms with Gasteiger partial charge in [0.25, 0.3) is 0 Å². The van der Waals surface area contributed by atoms with E-state index in [0.29, 0.717) is 6.61 Å². The molecule has 0 aliphatic carbocycles. The summed E-state index contributed by atoms with van der Waals surface area (Å²) in [5.41, 5.74) is 3.49. The van der Waals surface area contributed by atoms with Crippen LogP contribution >= 0.6 is 0 Å². The van der Waals surface area contributed by atoms with E-state index in [9.17, 15) is 0 Å². The maximum Gasteiger partial charge on any atom is 0.231 e. The molecule has 2 aliphatic heterocycles. The third kappa shape index (κ3) is 3.24. The van der Waals surface area contributed by atoms with E-state index in [2.05, 4.69) is 24.3 Å². The van der Waals surface area contributed by atoms with Crippen molar-refractivity contribution in [2.75, 3.05) is 13.4 Å². The molecule has 0 bridgehead atoms. The first-order valence-corrected chi connectivity index (χ1v) is 9.17. The monoisotopic (exact) mass is 360 g/mol. The summed E-state index contributed by atoms with van der Waals surface area (Å²) in [6.45, 7) is 0.775. The van der Waals surface area contributed by atoms with Crippen LogP contribution in [0.25, 0.3) is 0 Å². The molecule has 0 aromatic heterocycles. The molecule has 0 amide bonds. The zero-order valence-electron chi connectivity index (χ0n) is 14.8. The summed E-state index contributed by atoms with van der Waals surface area (Å²) in [6.07, 6.45) is 0.597. The Kier molecular flexibility index (Phi) is 4.18. The maximum absolute atomic E-state index is 6.46. The van der Waals surface area contributed by atoms with Crippen molar-refractivity contribution in [3.05, 3.63) is 89.5 Å². The number of ether oxygens (including phenoxy) is 4. The predicted molar refractivity (Wildman–Crippen MR) is 101 cm³/mol. The lowest BCUT2D eigenvalue weighted by molar-refractivity contribution is -0.0276. The van der Waals surface area contributed by atoms with Gasteiger partial charge in [-0.3, -0.25) is 0 Å². The zero-order valence-corrected chi connectivity index (χ0v) is 14.8. The van der Waals surface area contributed by atoms with Crippen LogP contribution in [-0.2, 0) is 11.2 Å². The van der Waals surface area contributed by atoms with E-state index in [1.54, 1.807) is 0 Å². The Morgan fingerprint density at radius 1 is 0.852 bits per heavy atom. The van der Waals surface area contributed by atoms with E-state index in [1.165, 1.54) is 5.56 Å². The van der Waals surface area contributed by atoms with Crippen LogP contribution < -0.4 is 14.2 Å². The van der Waals surface area contributed by atoms with Crippen LogP contribution in [0.5, 0.6) is 17.2 Å². The van der Waals surface area contributed by atoms with Gasteiger partial charge in [0, 0.05) is 6.42 Å². The van der Waals surface area contributed by atoms with Gasteiger partial charge in [-0.1, -0.05) is 48.5 Å². The van der Waals surface area contributed by atoms with Crippen LogP contribution in [0.2, 0.25) is 0 Å². The summed E-state index contributed by atoms with van der Waals surface area (Å²) >= 11 is 0. The number of para-hydroxylation sites is 1. The number of benzene rings is 3. The van der Waals surface area contributed by atoms with Crippen molar-refractivity contribution in [2.45, 2.75) is 18.6 Å². The minimum atomic E-state index is -0.145. The van der Waals surface area contributed by atoms with Crippen molar-refractivity contribution in [1.82, 2.24) is 0 Å². The first kappa shape index (κ1) is 16.2. The van der Waals surface area contributed by atoms with Gasteiger partial charge in [0.15, 0.2) is 11.5 Å². The predicted octanol–water partition coefficient (Wildman–Crippen LogP) is 4.53. The van der Waals surface area contributed by atoms with E-state index in [0.717, 1.165) is 34.8 Å². The molecule has 4 heteroatoms. The molecule has 27 heavy (non-hydrogen) atoms. The first-order chi connectivity index (χ1) is 13.4. The smallest absolute Gasteiger partial charge is 0.231 e. The lowest BCUT2D eigenvalue weighted by Crippen LogP contribution is -2.31. The van der Waals surface area contributed by atoms with Crippen molar-refractivity contribution in [2.24, 2.45) is 0 Å². The van der Waals surface area contributed by atoms with Crippen LogP contribution in [0.15, 0.2) is 72.8 Å². The Bertz CT molecular complexity index is 924. The fraction of sp³-hybridized carbons (Fsp3) is 0.217. The van der Waals surface area contributed by atoms with E-state index in [4.69, 9.17) is 18.9 Å². The molecule has 0 saturated heterocycles. The van der Waals surface area contributed by atoms with Crippen molar-refractivity contribution in [3.63, 3.8) is 0 Å². The molecule has 0 N–H and O–H groups in total. The Hall–Kier alpha value is -2.98. The second kappa shape index (κ2) is 6.97. The number of fused-ring (bicyclic) bond motifs is 2. The number of hydrogen-bond acceptors (Lipinski definition) is 4. The molecule has 5 rings (SSSR count). The summed E-state index contributed by atoms with van der Waals surface area (Å²) in [6, 6.07) is 24.3. The minimum Gasteiger partial charge on any atom is -0.491 e. The highest BCUT2D eigenvalue weighted by molar-refractivity contribution is 5.52. The average molecular weight is 360 g/mol. The Balaban J connectivity index is 1.45. The van der Waals surface area contributed by atoms with Crippen molar-refractivity contribution in [3.8, 4) is 17.2 Å². The molecule has 0 fully saturated rings. The largest absolute Gasteiger partial charge is 0.491 e. The van der Waals surface area contributed by atoms with Gasteiger partial charge in [0.2, 0.25) is 6.79 Å². The Morgan fingerprint density at radius 2 is 1.56 bits per heavy atom. The number of hydrogen-bond donors (Lipinski definition) is 0. The molecule has 2 unspecified atom stereocenters. The summed E-state index contributed by atoms with van der Waals surface area (Å²) in [5.74, 6) is 2.45. The average Bonchev–Trinajstić information content (AvgIpc) is 3.19. The van der Waals surface area contributed by atoms with E-state index in [-0.39, 0.29) is 19.0 Å². The molecule has 136 valence electrons. The molecule has 3 aromatic rings. The molecule has 0 spiro atoms. The molecule has 2 heterocycles. The van der Waals surface area contributed by atoms with Gasteiger partial charge >= 0.3 is 0 Å². The third-order valence-corrected chi connectivity index (χ3v) is 4.97. The molecule has 4 nitrogen and oxygen atoms in total. The topological polar surface area (TPSA) is 36.9 Å². The summed E-state index contributed by atoms with van der Waals surface area (Å²) in [5, 5.41) is 0. The third-order valence-electron chi connectivity index (χ3n) is 4.97. The summed E-state index contributed by atoms with van der Waals surface area (Å²) in [7, 11) is 0. The summed E-state index contributed by atoms with van der Waals surface area (Å²) in [4.78, 5) is 0. The zero-order chi connectivity index (χ0) is 18.1. The quantitative estimate of drug-likeness (QED) is 0.685. The maximum atomic E-state index is 6.46. The first-order valence-electron chi connectivity index (χ1n) is 9.17. The van der Waals surface area contributed by atoms with Gasteiger partial charge in [0.05, 0.1) is 6.10 Å². The molecule has 0 radical (unpaired) electrons. The lowest BCUT2D eigenvalue weighted by Gasteiger charge is -2.32. The standard InChI is InChI=1S/C23H20O4/c1-3-7-16(8-4-1)23-20-13-22-21(25-15-26-22)12-17(20)11-19(27-23)14-24-18-9-5-2-6-10-18/h1-10,12-13,19,23H,11,14-15H2. The highest BCUT2D eigenvalue weighted by Crippen LogP contribution is 2.42. The fourth-order valence-corrected chi connectivity index (χ4v) is 3.67. The van der Waals surface area contributed by atoms with Crippen molar-refractivity contribution >= 4 is 0 Å². The van der Waals surface area contributed by atoms with Crippen molar-refractivity contribution < 1.29 is 18.9 Å². The SMILES string of the molecule is c1ccc(OCC2Cc3cc4c(cc3C(c3ccccc3)O2)OCO4)cc1. The van der Waals surface area contributed by atoms with E-state index < -0.39 is 0 Å². The van der Waals surface area contributed by atoms with Crippen LogP contribution in [-0.4, -0.2) is 19.5 Å². The molecular formula is C23H20O4. The van der Waals surface area contributed by atoms with Crippen LogP contribution in [0.4, 0.5) is 0 Å². The minimum absolute atomic E-state index is 0.0386. The number of rotatable bonds is 4. The second-order valence-corrected chi connectivity index (χ2v) is 6.78. The van der Waals surface area contributed by atoms with Gasteiger partial charge in [-0.25, -0.2) is 0 Å². The Morgan fingerprint density at radius 3 is 2.33 bits per heavy atom. The van der Waals surface area contributed by atoms with E-state index >= 15 is 0 Å². The normalized spacial score (nSPS) is 20.1. The van der Waals surface area contributed by atoms with Gasteiger partial charge < -0.3 is 18.9 Å². The van der Waals surface area contributed by atoms with Crippen LogP contribution in [0, 0.1) is 0 Å². The van der Waals surface area contributed by atoms with E-state index in [1.807, 2.05) is 48.5 Å². The van der Waals surface area contributed by atoms with Crippen LogP contribution in [0.3, 0.4) is 0 Å². The van der Waals surface area contributed by atoms with Crippen molar-refractivity contribution in [1.29, 1.82) is 0 Å². The highest BCUT2D eigenvalue weighted by atomic mass is 16.7. The Labute approximate surface area is 158 Å². The molecule has 2 aliphatic rings. The van der Waals surface area contributed by atoms with Gasteiger partial charge in [0.1, 0.15) is 18.5 Å². The summed E-state index contributed by atoms with van der Waals surface area (Å²) < 4.78 is 23.6. The molecule has 2 atom stereocenters. The molecule has 0 saturated carbocycles. The van der Waals surface area contributed by atoms with Gasteiger partial charge in [-0.2, -0.15) is 0 Å². The fourth-order valence-electron chi connectivity index (χ4n) is 3.67.